The van der Waals surface area contributed by atoms with Crippen molar-refractivity contribution in [3.05, 3.63) is 106 Å². The summed E-state index contributed by atoms with van der Waals surface area (Å²) in [5, 5.41) is 16.3. The van der Waals surface area contributed by atoms with Crippen LogP contribution in [0.4, 0.5) is 0 Å². The minimum Gasteiger partial charge on any atom is -0.508 e. The van der Waals surface area contributed by atoms with E-state index < -0.39 is 0 Å². The molecule has 1 aromatic heterocycles. The van der Waals surface area contributed by atoms with Crippen LogP contribution in [-0.2, 0) is 6.42 Å². The third-order valence-electron chi connectivity index (χ3n) is 4.46. The molecule has 0 aliphatic carbocycles. The van der Waals surface area contributed by atoms with Crippen molar-refractivity contribution in [2.75, 3.05) is 6.54 Å². The zero-order valence-electron chi connectivity index (χ0n) is 15.8. The highest BCUT2D eigenvalue weighted by atomic mass is 32.1. The van der Waals surface area contributed by atoms with Crippen LogP contribution in [0.5, 0.6) is 5.75 Å². The predicted molar refractivity (Wildman–Crippen MR) is 119 cm³/mol. The second-order valence-corrected chi connectivity index (χ2v) is 7.37. The Morgan fingerprint density at radius 1 is 0.862 bits per heavy atom. The minimum atomic E-state index is 0.243. The molecular weight excluding hydrogens is 378 g/mol. The molecule has 0 atom stereocenters. The van der Waals surface area contributed by atoms with Gasteiger partial charge < -0.3 is 5.11 Å². The van der Waals surface area contributed by atoms with Crippen LogP contribution in [0.25, 0.3) is 11.3 Å². The maximum Gasteiger partial charge on any atom is 0.206 e. The molecule has 29 heavy (non-hydrogen) atoms. The van der Waals surface area contributed by atoms with Gasteiger partial charge >= 0.3 is 0 Å². The molecule has 0 radical (unpaired) electrons. The number of hydrogen-bond acceptors (Lipinski definition) is 4. The van der Waals surface area contributed by atoms with Gasteiger partial charge in [-0.05, 0) is 41.8 Å². The van der Waals surface area contributed by atoms with Gasteiger partial charge in [0.15, 0.2) is 0 Å². The van der Waals surface area contributed by atoms with Gasteiger partial charge in [-0.25, -0.2) is 4.68 Å². The summed E-state index contributed by atoms with van der Waals surface area (Å²) in [4.78, 5) is 5.66. The third-order valence-corrected chi connectivity index (χ3v) is 5.31. The van der Waals surface area contributed by atoms with Crippen molar-refractivity contribution in [2.45, 2.75) is 6.42 Å². The number of aromatic nitrogens is 1. The molecule has 4 aromatic rings. The lowest BCUT2D eigenvalue weighted by Gasteiger charge is -2.03. The summed E-state index contributed by atoms with van der Waals surface area (Å²) in [6.07, 6.45) is 2.68. The number of nitrogens with zero attached hydrogens (tertiary/aromatic N) is 3. The van der Waals surface area contributed by atoms with Gasteiger partial charge in [-0.15, -0.1) is 11.3 Å². The van der Waals surface area contributed by atoms with Gasteiger partial charge in [0, 0.05) is 17.5 Å². The monoisotopic (exact) mass is 399 g/mol. The zero-order valence-corrected chi connectivity index (χ0v) is 16.7. The van der Waals surface area contributed by atoms with E-state index in [-0.39, 0.29) is 5.75 Å². The molecule has 0 bridgehead atoms. The molecule has 0 saturated carbocycles. The predicted octanol–water partition coefficient (Wildman–Crippen LogP) is 4.95. The molecule has 0 amide bonds. The van der Waals surface area contributed by atoms with Crippen LogP contribution in [0, 0.1) is 0 Å². The van der Waals surface area contributed by atoms with E-state index in [0.717, 1.165) is 28.0 Å². The third kappa shape index (κ3) is 4.89. The number of hydrogen-bond donors (Lipinski definition) is 1. The SMILES string of the molecule is Oc1ccc(C=Nn2c(-c3ccccc3)csc2=NCCc2ccccc2)cc1. The first kappa shape index (κ1) is 18.9. The van der Waals surface area contributed by atoms with Crippen LogP contribution in [0.15, 0.2) is 100 Å². The van der Waals surface area contributed by atoms with Crippen LogP contribution in [0.3, 0.4) is 0 Å². The molecule has 5 heteroatoms. The summed E-state index contributed by atoms with van der Waals surface area (Å²) < 4.78 is 1.89. The van der Waals surface area contributed by atoms with Gasteiger partial charge in [0.2, 0.25) is 4.80 Å². The molecule has 3 aromatic carbocycles. The van der Waals surface area contributed by atoms with E-state index in [0.29, 0.717) is 6.54 Å². The van der Waals surface area contributed by atoms with E-state index in [1.54, 1.807) is 29.7 Å². The van der Waals surface area contributed by atoms with Gasteiger partial charge in [-0.2, -0.15) is 5.10 Å². The lowest BCUT2D eigenvalue weighted by Crippen LogP contribution is -2.13. The quantitative estimate of drug-likeness (QED) is 0.458. The first-order valence-corrected chi connectivity index (χ1v) is 10.3. The highest BCUT2D eigenvalue weighted by Gasteiger charge is 2.07. The van der Waals surface area contributed by atoms with Crippen molar-refractivity contribution < 1.29 is 5.11 Å². The number of phenols is 1. The maximum atomic E-state index is 9.47. The number of phenolic OH excluding ortho intramolecular Hbond substituents is 1. The van der Waals surface area contributed by atoms with Gasteiger partial charge in [0.25, 0.3) is 0 Å². The van der Waals surface area contributed by atoms with Crippen molar-refractivity contribution in [3.8, 4) is 17.0 Å². The van der Waals surface area contributed by atoms with Gasteiger partial charge in [-0.1, -0.05) is 60.7 Å². The molecule has 144 valence electrons. The Morgan fingerprint density at radius 3 is 2.28 bits per heavy atom. The number of aromatic hydroxyl groups is 1. The summed E-state index contributed by atoms with van der Waals surface area (Å²) in [5.41, 5.74) is 4.28. The van der Waals surface area contributed by atoms with Gasteiger partial charge in [0.05, 0.1) is 11.9 Å². The van der Waals surface area contributed by atoms with Crippen molar-refractivity contribution >= 4 is 17.6 Å². The minimum absolute atomic E-state index is 0.243. The van der Waals surface area contributed by atoms with E-state index >= 15 is 0 Å². The van der Waals surface area contributed by atoms with Crippen molar-refractivity contribution in [2.24, 2.45) is 10.1 Å². The standard InChI is InChI=1S/C24H21N3OS/c28-22-13-11-20(12-14-22)17-26-27-23(21-9-5-2-6-10-21)18-29-24(27)25-16-15-19-7-3-1-4-8-19/h1-14,17-18,28H,15-16H2. The Labute approximate surface area is 173 Å². The lowest BCUT2D eigenvalue weighted by molar-refractivity contribution is 0.475. The topological polar surface area (TPSA) is 49.9 Å². The van der Waals surface area contributed by atoms with Crippen LogP contribution < -0.4 is 4.80 Å². The van der Waals surface area contributed by atoms with Crippen LogP contribution in [0.1, 0.15) is 11.1 Å². The van der Waals surface area contributed by atoms with Crippen LogP contribution >= 0.6 is 11.3 Å². The average molecular weight is 400 g/mol. The summed E-state index contributed by atoms with van der Waals surface area (Å²) in [6, 6.07) is 27.5. The maximum absolute atomic E-state index is 9.47. The van der Waals surface area contributed by atoms with Crippen LogP contribution in [0.2, 0.25) is 0 Å². The highest BCUT2D eigenvalue weighted by Crippen LogP contribution is 2.19. The Hall–Kier alpha value is -3.44. The Kier molecular flexibility index (Phi) is 5.98. The Balaban J connectivity index is 1.66. The molecule has 1 N–H and O–H groups in total. The van der Waals surface area contributed by atoms with E-state index in [4.69, 9.17) is 10.1 Å². The summed E-state index contributed by atoms with van der Waals surface area (Å²) in [6.45, 7) is 0.702. The first-order chi connectivity index (χ1) is 14.3. The molecule has 4 nitrogen and oxygen atoms in total. The normalized spacial score (nSPS) is 11.9. The van der Waals surface area contributed by atoms with E-state index in [1.165, 1.54) is 5.56 Å². The molecule has 0 unspecified atom stereocenters. The molecule has 0 aliphatic rings. The number of benzene rings is 3. The zero-order chi connectivity index (χ0) is 19.9. The fraction of sp³-hybridized carbons (Fsp3) is 0.0833. The molecule has 0 aliphatic heterocycles. The fourth-order valence-corrected chi connectivity index (χ4v) is 3.80. The molecular formula is C24H21N3OS. The number of thiazole rings is 1. The molecule has 4 rings (SSSR count). The summed E-state index contributed by atoms with van der Waals surface area (Å²) in [5.74, 6) is 0.243. The number of rotatable bonds is 6. The molecule has 0 spiro atoms. The Bertz CT molecular complexity index is 1140. The largest absolute Gasteiger partial charge is 0.508 e. The highest BCUT2D eigenvalue weighted by molar-refractivity contribution is 7.07. The summed E-state index contributed by atoms with van der Waals surface area (Å²) in [7, 11) is 0. The molecule has 0 fully saturated rings. The van der Waals surface area contributed by atoms with Gasteiger partial charge in [0.1, 0.15) is 5.75 Å². The second-order valence-electron chi connectivity index (χ2n) is 6.53. The Morgan fingerprint density at radius 2 is 1.55 bits per heavy atom. The van der Waals surface area contributed by atoms with E-state index in [2.05, 4.69) is 41.8 Å². The van der Waals surface area contributed by atoms with E-state index in [9.17, 15) is 5.11 Å². The first-order valence-electron chi connectivity index (χ1n) is 9.43. The van der Waals surface area contributed by atoms with Crippen LogP contribution in [-0.4, -0.2) is 22.5 Å². The van der Waals surface area contributed by atoms with Crippen molar-refractivity contribution in [3.63, 3.8) is 0 Å². The molecule has 0 saturated heterocycles. The van der Waals surface area contributed by atoms with Gasteiger partial charge in [-0.3, -0.25) is 4.99 Å². The smallest absolute Gasteiger partial charge is 0.206 e. The second kappa shape index (κ2) is 9.17. The fourth-order valence-electron chi connectivity index (χ4n) is 2.94. The lowest BCUT2D eigenvalue weighted by atomic mass is 10.2. The van der Waals surface area contributed by atoms with E-state index in [1.807, 2.05) is 41.1 Å². The molecule has 1 heterocycles. The van der Waals surface area contributed by atoms with Crippen molar-refractivity contribution in [1.29, 1.82) is 0 Å². The average Bonchev–Trinajstić information content (AvgIpc) is 3.17. The van der Waals surface area contributed by atoms with Crippen molar-refractivity contribution in [1.82, 2.24) is 4.68 Å². The summed E-state index contributed by atoms with van der Waals surface area (Å²) >= 11 is 1.59.